The Morgan fingerprint density at radius 1 is 0.968 bits per heavy atom. The fraction of sp³-hybridized carbons (Fsp3) is 0. The molecule has 1 amide bonds. The highest BCUT2D eigenvalue weighted by Crippen LogP contribution is 2.28. The topological polar surface area (TPSA) is 85.6 Å². The molecular formula is C23H15BrN6O. The lowest BCUT2D eigenvalue weighted by Gasteiger charge is -2.13. The number of pyridine rings is 3. The summed E-state index contributed by atoms with van der Waals surface area (Å²) in [6.07, 6.45) is 8.50. The lowest BCUT2D eigenvalue weighted by Crippen LogP contribution is -2.15. The molecule has 1 N–H and O–H groups in total. The zero-order chi connectivity index (χ0) is 21.2. The molecule has 31 heavy (non-hydrogen) atoms. The summed E-state index contributed by atoms with van der Waals surface area (Å²) in [4.78, 5) is 26.6. The SMILES string of the molecule is O=C(Nc1cccnc1-n1cccn1)c1cc(-c2ccncc2)nc2ccc(Br)cc12. The fourth-order valence-corrected chi connectivity index (χ4v) is 3.68. The van der Waals surface area contributed by atoms with Gasteiger partial charge in [0.05, 0.1) is 22.5 Å². The highest BCUT2D eigenvalue weighted by atomic mass is 79.9. The standard InChI is InChI=1S/C23H15BrN6O/c24-16-4-5-19-17(13-16)18(14-21(28-19)15-6-10-25-11-7-15)23(31)29-20-3-1-8-26-22(20)30-12-2-9-27-30/h1-14H,(H,29,31). The largest absolute Gasteiger partial charge is 0.319 e. The second-order valence-corrected chi connectivity index (χ2v) is 7.65. The fourth-order valence-electron chi connectivity index (χ4n) is 3.32. The van der Waals surface area contributed by atoms with Gasteiger partial charge in [-0.15, -0.1) is 0 Å². The van der Waals surface area contributed by atoms with Crippen molar-refractivity contribution in [2.45, 2.75) is 0 Å². The maximum atomic E-state index is 13.4. The Labute approximate surface area is 185 Å². The van der Waals surface area contributed by atoms with Gasteiger partial charge in [0.1, 0.15) is 0 Å². The highest BCUT2D eigenvalue weighted by molar-refractivity contribution is 9.10. The van der Waals surface area contributed by atoms with Crippen molar-refractivity contribution < 1.29 is 4.79 Å². The first-order valence-corrected chi connectivity index (χ1v) is 10.3. The van der Waals surface area contributed by atoms with Crippen LogP contribution in [0.2, 0.25) is 0 Å². The number of rotatable bonds is 4. The molecule has 8 heteroatoms. The van der Waals surface area contributed by atoms with Crippen LogP contribution in [0.1, 0.15) is 10.4 Å². The first-order chi connectivity index (χ1) is 15.2. The molecule has 1 aromatic carbocycles. The van der Waals surface area contributed by atoms with E-state index < -0.39 is 0 Å². The van der Waals surface area contributed by atoms with Crippen molar-refractivity contribution in [3.63, 3.8) is 0 Å². The maximum absolute atomic E-state index is 13.4. The van der Waals surface area contributed by atoms with Gasteiger partial charge < -0.3 is 5.32 Å². The number of nitrogens with one attached hydrogen (secondary N) is 1. The Bertz CT molecular complexity index is 1390. The summed E-state index contributed by atoms with van der Waals surface area (Å²) in [5, 5.41) is 7.96. The summed E-state index contributed by atoms with van der Waals surface area (Å²) in [5.41, 5.74) is 3.37. The molecule has 0 aliphatic rings. The molecule has 0 bridgehead atoms. The van der Waals surface area contributed by atoms with Gasteiger partial charge in [0.2, 0.25) is 0 Å². The lowest BCUT2D eigenvalue weighted by atomic mass is 10.0. The summed E-state index contributed by atoms with van der Waals surface area (Å²) in [6.45, 7) is 0. The molecule has 0 atom stereocenters. The number of fused-ring (bicyclic) bond motifs is 1. The molecular weight excluding hydrogens is 456 g/mol. The molecule has 0 spiro atoms. The zero-order valence-electron chi connectivity index (χ0n) is 16.1. The van der Waals surface area contributed by atoms with Gasteiger partial charge in [-0.1, -0.05) is 15.9 Å². The van der Waals surface area contributed by atoms with Crippen LogP contribution < -0.4 is 5.32 Å². The van der Waals surface area contributed by atoms with Crippen LogP contribution >= 0.6 is 15.9 Å². The normalized spacial score (nSPS) is 10.9. The average molecular weight is 471 g/mol. The van der Waals surface area contributed by atoms with Crippen LogP contribution in [0.5, 0.6) is 0 Å². The second kappa shape index (κ2) is 8.08. The Balaban J connectivity index is 1.61. The number of hydrogen-bond acceptors (Lipinski definition) is 5. The van der Waals surface area contributed by atoms with Crippen LogP contribution in [0.15, 0.2) is 90.1 Å². The van der Waals surface area contributed by atoms with Crippen LogP contribution in [-0.4, -0.2) is 30.6 Å². The summed E-state index contributed by atoms with van der Waals surface area (Å²) in [6, 6.07) is 16.6. The van der Waals surface area contributed by atoms with E-state index in [9.17, 15) is 4.79 Å². The van der Waals surface area contributed by atoms with Gasteiger partial charge in [0, 0.05) is 46.4 Å². The first-order valence-electron chi connectivity index (χ1n) is 9.46. The molecule has 4 heterocycles. The molecule has 0 radical (unpaired) electrons. The van der Waals surface area contributed by atoms with Crippen LogP contribution in [0.25, 0.3) is 28.0 Å². The Hall–Kier alpha value is -3.91. The van der Waals surface area contributed by atoms with Crippen molar-refractivity contribution in [3.8, 4) is 17.1 Å². The minimum atomic E-state index is -0.262. The minimum Gasteiger partial charge on any atom is -0.319 e. The number of anilines is 1. The number of carbonyl (C=O) groups is 1. The van der Waals surface area contributed by atoms with E-state index in [1.165, 1.54) is 0 Å². The molecule has 5 aromatic rings. The monoisotopic (exact) mass is 470 g/mol. The predicted octanol–water partition coefficient (Wildman–Crippen LogP) is 4.89. The molecule has 0 saturated heterocycles. The van der Waals surface area contributed by atoms with E-state index in [0.717, 1.165) is 20.9 Å². The van der Waals surface area contributed by atoms with Crippen molar-refractivity contribution in [2.24, 2.45) is 0 Å². The molecule has 0 aliphatic carbocycles. The van der Waals surface area contributed by atoms with E-state index in [4.69, 9.17) is 4.98 Å². The van der Waals surface area contributed by atoms with Crippen molar-refractivity contribution in [1.82, 2.24) is 24.7 Å². The number of halogens is 1. The molecule has 150 valence electrons. The molecule has 7 nitrogen and oxygen atoms in total. The van der Waals surface area contributed by atoms with Gasteiger partial charge in [-0.2, -0.15) is 5.10 Å². The van der Waals surface area contributed by atoms with Crippen LogP contribution in [0, 0.1) is 0 Å². The van der Waals surface area contributed by atoms with Crippen molar-refractivity contribution in [2.75, 3.05) is 5.32 Å². The molecule has 0 fully saturated rings. The van der Waals surface area contributed by atoms with Crippen LogP contribution in [-0.2, 0) is 0 Å². The van der Waals surface area contributed by atoms with Gasteiger partial charge in [-0.25, -0.2) is 14.6 Å². The Morgan fingerprint density at radius 3 is 2.65 bits per heavy atom. The Kier molecular flexibility index (Phi) is 4.97. The van der Waals surface area contributed by atoms with Gasteiger partial charge >= 0.3 is 0 Å². The summed E-state index contributed by atoms with van der Waals surface area (Å²) >= 11 is 3.49. The van der Waals surface area contributed by atoms with E-state index in [2.05, 4.69) is 36.3 Å². The van der Waals surface area contributed by atoms with Gasteiger partial charge in [-0.3, -0.25) is 9.78 Å². The Morgan fingerprint density at radius 2 is 1.84 bits per heavy atom. The number of amides is 1. The smallest absolute Gasteiger partial charge is 0.256 e. The lowest BCUT2D eigenvalue weighted by molar-refractivity contribution is 0.102. The van der Waals surface area contributed by atoms with Crippen molar-refractivity contribution in [3.05, 3.63) is 95.6 Å². The number of carbonyl (C=O) groups excluding carboxylic acids is 1. The zero-order valence-corrected chi connectivity index (χ0v) is 17.7. The van der Waals surface area contributed by atoms with Crippen molar-refractivity contribution in [1.29, 1.82) is 0 Å². The van der Waals surface area contributed by atoms with E-state index in [1.54, 1.807) is 59.9 Å². The summed E-state index contributed by atoms with van der Waals surface area (Å²) in [5.74, 6) is 0.275. The summed E-state index contributed by atoms with van der Waals surface area (Å²) in [7, 11) is 0. The van der Waals surface area contributed by atoms with Gasteiger partial charge in [0.25, 0.3) is 5.91 Å². The number of benzene rings is 1. The van der Waals surface area contributed by atoms with Crippen LogP contribution in [0.3, 0.4) is 0 Å². The first kappa shape index (κ1) is 19.1. The molecule has 5 rings (SSSR count). The molecule has 4 aromatic heterocycles. The van der Waals surface area contributed by atoms with Crippen molar-refractivity contribution >= 4 is 38.4 Å². The molecule has 0 unspecified atom stereocenters. The van der Waals surface area contributed by atoms with E-state index >= 15 is 0 Å². The maximum Gasteiger partial charge on any atom is 0.256 e. The third-order valence-electron chi connectivity index (χ3n) is 4.75. The van der Waals surface area contributed by atoms with E-state index in [-0.39, 0.29) is 5.91 Å². The predicted molar refractivity (Wildman–Crippen MR) is 122 cm³/mol. The van der Waals surface area contributed by atoms with E-state index in [0.29, 0.717) is 22.8 Å². The molecule has 0 aliphatic heterocycles. The third-order valence-corrected chi connectivity index (χ3v) is 5.24. The number of hydrogen-bond donors (Lipinski definition) is 1. The third kappa shape index (κ3) is 3.80. The minimum absolute atomic E-state index is 0.262. The summed E-state index contributed by atoms with van der Waals surface area (Å²) < 4.78 is 2.48. The highest BCUT2D eigenvalue weighted by Gasteiger charge is 2.17. The number of nitrogens with zero attached hydrogens (tertiary/aromatic N) is 5. The number of aromatic nitrogens is 5. The van der Waals surface area contributed by atoms with E-state index in [1.807, 2.05) is 30.3 Å². The molecule has 0 saturated carbocycles. The van der Waals surface area contributed by atoms with Gasteiger partial charge in [-0.05, 0) is 54.6 Å². The van der Waals surface area contributed by atoms with Gasteiger partial charge in [0.15, 0.2) is 5.82 Å². The van der Waals surface area contributed by atoms with Crippen LogP contribution in [0.4, 0.5) is 5.69 Å². The second-order valence-electron chi connectivity index (χ2n) is 6.73. The average Bonchev–Trinajstić information content (AvgIpc) is 3.34. The quantitative estimate of drug-likeness (QED) is 0.403.